The van der Waals surface area contributed by atoms with Gasteiger partial charge < -0.3 is 19.7 Å². The number of epoxide rings is 1. The first-order valence-electron chi connectivity index (χ1n) is 14.8. The number of esters is 1. The minimum atomic E-state index is -1.16. The molecule has 0 bridgehead atoms. The number of carbonyl (C=O) groups excluding carboxylic acids is 3. The minimum absolute atomic E-state index is 0.0112. The molecule has 0 aromatic carbocycles. The summed E-state index contributed by atoms with van der Waals surface area (Å²) in [6.45, 7) is 17.9. The molecule has 0 spiro atoms. The highest BCUT2D eigenvalue weighted by Crippen LogP contribution is 2.73. The standard InChI is InChI=1S/C32H48O7/c1-16(14-19(38-17(2)33)27-29(5,6)39-27)22-18(34)15-32(9)23(22)24(36)25(37)26-30(7)12-11-21(35)28(3,4)20(30)10-13-31(26,32)8/h16,19-20,24-27,36-37H,10-15H2,1-9H3/t16-,19+,20+,24+,25+,26+,27-,30+,31+,32+/m1/s1. The highest BCUT2D eigenvalue weighted by Gasteiger charge is 2.72. The fourth-order valence-corrected chi connectivity index (χ4v) is 10.3. The van der Waals surface area contributed by atoms with Crippen LogP contribution in [0.2, 0.25) is 0 Å². The van der Waals surface area contributed by atoms with Gasteiger partial charge in [-0.25, -0.2) is 0 Å². The molecule has 3 saturated carbocycles. The molecule has 0 radical (unpaired) electrons. The SMILES string of the molecule is CC(=O)O[C@@H](C[C@@H](C)C1=C2[C@H](O)[C@H](O)[C@H]3[C@@]4(C)CCC(=O)C(C)(C)[C@@H]4CC[C@]3(C)[C@@]2(C)CC1=O)[C@H]1OC1(C)C. The topological polar surface area (TPSA) is 113 Å². The van der Waals surface area contributed by atoms with E-state index in [4.69, 9.17) is 9.47 Å². The van der Waals surface area contributed by atoms with E-state index < -0.39 is 40.2 Å². The van der Waals surface area contributed by atoms with Gasteiger partial charge in [0.05, 0.1) is 11.7 Å². The van der Waals surface area contributed by atoms with Crippen LogP contribution >= 0.6 is 0 Å². The van der Waals surface area contributed by atoms with Crippen LogP contribution in [0.1, 0.15) is 101 Å². The molecule has 0 aromatic rings. The Labute approximate surface area is 233 Å². The average Bonchev–Trinajstić information content (AvgIpc) is 3.34. The van der Waals surface area contributed by atoms with Crippen molar-refractivity contribution >= 4 is 17.5 Å². The largest absolute Gasteiger partial charge is 0.460 e. The van der Waals surface area contributed by atoms with Gasteiger partial charge in [-0.3, -0.25) is 14.4 Å². The van der Waals surface area contributed by atoms with Crippen LogP contribution in [0, 0.1) is 39.4 Å². The summed E-state index contributed by atoms with van der Waals surface area (Å²) in [4.78, 5) is 38.7. The van der Waals surface area contributed by atoms with Crippen LogP contribution in [0.5, 0.6) is 0 Å². The van der Waals surface area contributed by atoms with Crippen molar-refractivity contribution in [1.82, 2.24) is 0 Å². The lowest BCUT2D eigenvalue weighted by Crippen LogP contribution is -2.68. The number of hydrogen-bond acceptors (Lipinski definition) is 7. The second kappa shape index (κ2) is 8.72. The van der Waals surface area contributed by atoms with E-state index in [1.54, 1.807) is 0 Å². The van der Waals surface area contributed by atoms with Gasteiger partial charge >= 0.3 is 5.97 Å². The van der Waals surface area contributed by atoms with Gasteiger partial charge in [-0.2, -0.15) is 0 Å². The van der Waals surface area contributed by atoms with E-state index in [2.05, 4.69) is 20.8 Å². The molecule has 0 aromatic heterocycles. The van der Waals surface area contributed by atoms with E-state index in [0.717, 1.165) is 12.8 Å². The smallest absolute Gasteiger partial charge is 0.302 e. The quantitative estimate of drug-likeness (QED) is 0.385. The average molecular weight is 545 g/mol. The fraction of sp³-hybridized carbons (Fsp3) is 0.844. The molecule has 218 valence electrons. The van der Waals surface area contributed by atoms with Crippen molar-refractivity contribution in [3.63, 3.8) is 0 Å². The number of fused-ring (bicyclic) bond motifs is 5. The zero-order valence-corrected chi connectivity index (χ0v) is 25.2. The van der Waals surface area contributed by atoms with Gasteiger partial charge in [-0.1, -0.05) is 41.5 Å². The van der Waals surface area contributed by atoms with Crippen LogP contribution in [-0.4, -0.2) is 57.8 Å². The van der Waals surface area contributed by atoms with Crippen LogP contribution in [0.25, 0.3) is 0 Å². The molecule has 39 heavy (non-hydrogen) atoms. The van der Waals surface area contributed by atoms with Gasteiger partial charge in [0.1, 0.15) is 24.1 Å². The lowest BCUT2D eigenvalue weighted by molar-refractivity contribution is -0.227. The molecule has 5 rings (SSSR count). The number of aliphatic hydroxyl groups is 2. The fourth-order valence-electron chi connectivity index (χ4n) is 10.3. The normalized spacial score (nSPS) is 45.7. The van der Waals surface area contributed by atoms with E-state index in [-0.39, 0.29) is 46.8 Å². The highest BCUT2D eigenvalue weighted by molar-refractivity contribution is 6.01. The maximum Gasteiger partial charge on any atom is 0.302 e. The Balaban J connectivity index is 1.54. The molecule has 7 nitrogen and oxygen atoms in total. The van der Waals surface area contributed by atoms with Crippen LogP contribution < -0.4 is 0 Å². The number of aliphatic hydroxyl groups excluding tert-OH is 2. The number of carbonyl (C=O) groups is 3. The summed E-state index contributed by atoms with van der Waals surface area (Å²) in [6, 6.07) is 0. The van der Waals surface area contributed by atoms with Crippen LogP contribution in [0.4, 0.5) is 0 Å². The van der Waals surface area contributed by atoms with Gasteiger partial charge in [-0.05, 0) is 73.7 Å². The van der Waals surface area contributed by atoms with Gasteiger partial charge in [0.15, 0.2) is 5.78 Å². The Morgan fingerprint density at radius 2 is 1.69 bits per heavy atom. The zero-order valence-electron chi connectivity index (χ0n) is 25.2. The Morgan fingerprint density at radius 1 is 1.08 bits per heavy atom. The number of allylic oxidation sites excluding steroid dienone is 1. The molecule has 1 heterocycles. The van der Waals surface area contributed by atoms with Crippen molar-refractivity contribution in [3.05, 3.63) is 11.1 Å². The molecule has 1 saturated heterocycles. The molecule has 1 aliphatic heterocycles. The second-order valence-electron chi connectivity index (χ2n) is 15.3. The number of hydrogen-bond donors (Lipinski definition) is 2. The molecule has 7 heteroatoms. The van der Waals surface area contributed by atoms with Crippen molar-refractivity contribution < 1.29 is 34.1 Å². The number of Topliss-reactive ketones (excluding diaryl/α,β-unsaturated/α-hetero) is 2. The maximum atomic E-state index is 13.8. The lowest BCUT2D eigenvalue weighted by Gasteiger charge is -2.69. The number of ketones is 2. The third-order valence-electron chi connectivity index (χ3n) is 12.3. The predicted octanol–water partition coefficient (Wildman–Crippen LogP) is 4.56. The van der Waals surface area contributed by atoms with E-state index in [0.29, 0.717) is 36.8 Å². The van der Waals surface area contributed by atoms with E-state index in [9.17, 15) is 24.6 Å². The van der Waals surface area contributed by atoms with Crippen molar-refractivity contribution in [3.8, 4) is 0 Å². The van der Waals surface area contributed by atoms with E-state index in [1.165, 1.54) is 6.92 Å². The summed E-state index contributed by atoms with van der Waals surface area (Å²) in [7, 11) is 0. The maximum absolute atomic E-state index is 13.8. The predicted molar refractivity (Wildman–Crippen MR) is 146 cm³/mol. The third-order valence-corrected chi connectivity index (χ3v) is 12.3. The summed E-state index contributed by atoms with van der Waals surface area (Å²) in [5.41, 5.74) is -0.962. The minimum Gasteiger partial charge on any atom is -0.460 e. The number of rotatable bonds is 5. The first kappa shape index (κ1) is 28.9. The van der Waals surface area contributed by atoms with Gasteiger partial charge in [0.2, 0.25) is 0 Å². The molecule has 0 amide bonds. The molecule has 10 atom stereocenters. The molecular formula is C32H48O7. The van der Waals surface area contributed by atoms with Crippen LogP contribution in [0.15, 0.2) is 11.1 Å². The molecule has 4 aliphatic carbocycles. The van der Waals surface area contributed by atoms with Crippen LogP contribution in [-0.2, 0) is 23.9 Å². The summed E-state index contributed by atoms with van der Waals surface area (Å²) >= 11 is 0. The van der Waals surface area contributed by atoms with Gasteiger partial charge in [0.25, 0.3) is 0 Å². The summed E-state index contributed by atoms with van der Waals surface area (Å²) in [6.07, 6.45) is 0.596. The Kier molecular flexibility index (Phi) is 6.47. The Bertz CT molecular complexity index is 1140. The first-order valence-corrected chi connectivity index (χ1v) is 14.8. The molecule has 0 unspecified atom stereocenters. The molecule has 5 aliphatic rings. The number of ether oxygens (including phenoxy) is 2. The van der Waals surface area contributed by atoms with Crippen molar-refractivity contribution in [1.29, 1.82) is 0 Å². The summed E-state index contributed by atoms with van der Waals surface area (Å²) < 4.78 is 11.5. The summed E-state index contributed by atoms with van der Waals surface area (Å²) in [5, 5.41) is 23.8. The summed E-state index contributed by atoms with van der Waals surface area (Å²) in [5.74, 6) is -0.500. The first-order chi connectivity index (χ1) is 17.8. The zero-order chi connectivity index (χ0) is 29.1. The Morgan fingerprint density at radius 3 is 2.26 bits per heavy atom. The third kappa shape index (κ3) is 3.89. The molecule has 4 fully saturated rings. The van der Waals surface area contributed by atoms with E-state index in [1.807, 2.05) is 34.6 Å². The second-order valence-corrected chi connectivity index (χ2v) is 15.3. The van der Waals surface area contributed by atoms with Crippen molar-refractivity contribution in [2.24, 2.45) is 39.4 Å². The lowest BCUT2D eigenvalue weighted by atomic mass is 9.35. The van der Waals surface area contributed by atoms with Crippen molar-refractivity contribution in [2.45, 2.75) is 131 Å². The van der Waals surface area contributed by atoms with Gasteiger partial charge in [-0.15, -0.1) is 0 Å². The highest BCUT2D eigenvalue weighted by atomic mass is 16.6. The monoisotopic (exact) mass is 544 g/mol. The van der Waals surface area contributed by atoms with Crippen molar-refractivity contribution in [2.75, 3.05) is 0 Å². The molecular weight excluding hydrogens is 496 g/mol. The Hall–Kier alpha value is -1.57. The van der Waals surface area contributed by atoms with Crippen LogP contribution in [0.3, 0.4) is 0 Å². The molecule has 2 N–H and O–H groups in total. The van der Waals surface area contributed by atoms with E-state index >= 15 is 0 Å². The van der Waals surface area contributed by atoms with Gasteiger partial charge in [0, 0.05) is 36.2 Å².